The average Bonchev–Trinajstić information content (AvgIpc) is 2.83. The first-order valence-electron chi connectivity index (χ1n) is 7.01. The quantitative estimate of drug-likeness (QED) is 0.783. The van der Waals surface area contributed by atoms with Crippen molar-refractivity contribution in [3.8, 4) is 0 Å². The number of fused-ring (bicyclic) bond motifs is 1. The summed E-state index contributed by atoms with van der Waals surface area (Å²) in [6, 6.07) is 9.05. The highest BCUT2D eigenvalue weighted by Gasteiger charge is 2.22. The number of halogens is 1. The van der Waals surface area contributed by atoms with E-state index in [-0.39, 0.29) is 0 Å². The molecule has 2 aromatic rings. The number of aromatic nitrogens is 1. The molecule has 0 bridgehead atoms. The summed E-state index contributed by atoms with van der Waals surface area (Å²) < 4.78 is 1.29. The van der Waals surface area contributed by atoms with Crippen molar-refractivity contribution in [3.05, 3.63) is 29.3 Å². The van der Waals surface area contributed by atoms with E-state index in [1.165, 1.54) is 35.5 Å². The lowest BCUT2D eigenvalue weighted by molar-refractivity contribution is 0.136. The predicted molar refractivity (Wildman–Crippen MR) is 83.0 cm³/mol. The van der Waals surface area contributed by atoms with E-state index in [0.717, 1.165) is 24.4 Å². The van der Waals surface area contributed by atoms with Crippen LogP contribution >= 0.6 is 22.9 Å². The van der Waals surface area contributed by atoms with Gasteiger partial charge in [-0.2, -0.15) is 0 Å². The third-order valence-corrected chi connectivity index (χ3v) is 5.11. The molecular formula is C15H19ClN2S. The second-order valence-corrected chi connectivity index (χ2v) is 6.67. The maximum Gasteiger partial charge on any atom is 0.108 e. The lowest BCUT2D eigenvalue weighted by Gasteiger charge is -2.34. The highest BCUT2D eigenvalue weighted by Crippen LogP contribution is 2.26. The van der Waals surface area contributed by atoms with Gasteiger partial charge in [-0.15, -0.1) is 22.9 Å². The fraction of sp³-hybridized carbons (Fsp3) is 0.533. The number of piperidine rings is 1. The SMILES string of the molecule is ClCCC1CCCCN1Cc1nc2ccccc2s1. The van der Waals surface area contributed by atoms with Crippen LogP contribution in [0.15, 0.2) is 24.3 Å². The number of hydrogen-bond donors (Lipinski definition) is 0. The van der Waals surface area contributed by atoms with Crippen molar-refractivity contribution in [1.82, 2.24) is 9.88 Å². The molecule has 2 nitrogen and oxygen atoms in total. The number of hydrogen-bond acceptors (Lipinski definition) is 3. The van der Waals surface area contributed by atoms with Crippen molar-refractivity contribution in [2.75, 3.05) is 12.4 Å². The Morgan fingerprint density at radius 3 is 3.05 bits per heavy atom. The van der Waals surface area contributed by atoms with Gasteiger partial charge in [0.2, 0.25) is 0 Å². The molecule has 0 radical (unpaired) electrons. The van der Waals surface area contributed by atoms with Gasteiger partial charge < -0.3 is 0 Å². The molecule has 1 aromatic heterocycles. The third-order valence-electron chi connectivity index (χ3n) is 3.87. The second kappa shape index (κ2) is 6.21. The average molecular weight is 295 g/mol. The molecule has 0 saturated carbocycles. The Kier molecular flexibility index (Phi) is 4.36. The van der Waals surface area contributed by atoms with E-state index in [1.807, 2.05) is 11.3 Å². The van der Waals surface area contributed by atoms with E-state index in [4.69, 9.17) is 16.6 Å². The number of para-hydroxylation sites is 1. The maximum absolute atomic E-state index is 5.93. The lowest BCUT2D eigenvalue weighted by atomic mass is 10.0. The molecule has 3 rings (SSSR count). The normalized spacial score (nSPS) is 21.0. The second-order valence-electron chi connectivity index (χ2n) is 5.17. The van der Waals surface area contributed by atoms with Crippen LogP contribution in [0.4, 0.5) is 0 Å². The van der Waals surface area contributed by atoms with Crippen LogP contribution in [0.1, 0.15) is 30.7 Å². The third kappa shape index (κ3) is 3.10. The van der Waals surface area contributed by atoms with Crippen LogP contribution in [0.2, 0.25) is 0 Å². The number of likely N-dealkylation sites (tertiary alicyclic amines) is 1. The zero-order valence-electron chi connectivity index (χ0n) is 11.0. The summed E-state index contributed by atoms with van der Waals surface area (Å²) in [7, 11) is 0. The minimum Gasteiger partial charge on any atom is -0.294 e. The Balaban J connectivity index is 1.75. The molecule has 1 aliphatic rings. The molecule has 1 atom stereocenters. The Morgan fingerprint density at radius 1 is 1.32 bits per heavy atom. The monoisotopic (exact) mass is 294 g/mol. The Hall–Kier alpha value is -0.640. The van der Waals surface area contributed by atoms with Gasteiger partial charge in [-0.05, 0) is 37.9 Å². The largest absolute Gasteiger partial charge is 0.294 e. The number of alkyl halides is 1. The summed E-state index contributed by atoms with van der Waals surface area (Å²) in [5.41, 5.74) is 1.13. The van der Waals surface area contributed by atoms with Crippen molar-refractivity contribution in [1.29, 1.82) is 0 Å². The Labute approximate surface area is 123 Å². The molecule has 19 heavy (non-hydrogen) atoms. The predicted octanol–water partition coefficient (Wildman–Crippen LogP) is 4.28. The number of benzene rings is 1. The summed E-state index contributed by atoms with van der Waals surface area (Å²) in [5, 5.41) is 1.24. The molecule has 1 saturated heterocycles. The fourth-order valence-corrected chi connectivity index (χ4v) is 4.13. The number of thiazole rings is 1. The van der Waals surface area contributed by atoms with Crippen molar-refractivity contribution in [3.63, 3.8) is 0 Å². The van der Waals surface area contributed by atoms with Gasteiger partial charge in [0.25, 0.3) is 0 Å². The van der Waals surface area contributed by atoms with Crippen molar-refractivity contribution < 1.29 is 0 Å². The summed E-state index contributed by atoms with van der Waals surface area (Å²) in [5.74, 6) is 0.765. The number of nitrogens with zero attached hydrogens (tertiary/aromatic N) is 2. The highest BCUT2D eigenvalue weighted by molar-refractivity contribution is 7.18. The molecule has 4 heteroatoms. The minimum atomic E-state index is 0.651. The Morgan fingerprint density at radius 2 is 2.21 bits per heavy atom. The fourth-order valence-electron chi connectivity index (χ4n) is 2.88. The summed E-state index contributed by atoms with van der Waals surface area (Å²) in [6.45, 7) is 2.18. The van der Waals surface area contributed by atoms with Gasteiger partial charge in [0.05, 0.1) is 16.8 Å². The molecule has 0 spiro atoms. The smallest absolute Gasteiger partial charge is 0.108 e. The first kappa shape index (κ1) is 13.3. The van der Waals surface area contributed by atoms with Crippen molar-refractivity contribution in [2.24, 2.45) is 0 Å². The molecule has 0 N–H and O–H groups in total. The van der Waals surface area contributed by atoms with Gasteiger partial charge in [0.1, 0.15) is 5.01 Å². The van der Waals surface area contributed by atoms with Crippen LogP contribution in [-0.2, 0) is 6.54 Å². The molecule has 1 fully saturated rings. The maximum atomic E-state index is 5.93. The van der Waals surface area contributed by atoms with Crippen LogP contribution in [0.3, 0.4) is 0 Å². The first-order valence-corrected chi connectivity index (χ1v) is 8.36. The van der Waals surface area contributed by atoms with Gasteiger partial charge >= 0.3 is 0 Å². The van der Waals surface area contributed by atoms with Crippen molar-refractivity contribution >= 4 is 33.2 Å². The molecule has 1 aromatic carbocycles. The van der Waals surface area contributed by atoms with Crippen LogP contribution in [0, 0.1) is 0 Å². The minimum absolute atomic E-state index is 0.651. The first-order chi connectivity index (χ1) is 9.36. The van der Waals surface area contributed by atoms with E-state index in [1.54, 1.807) is 0 Å². The molecule has 102 valence electrons. The van der Waals surface area contributed by atoms with Gasteiger partial charge in [-0.1, -0.05) is 18.6 Å². The van der Waals surface area contributed by atoms with E-state index in [9.17, 15) is 0 Å². The lowest BCUT2D eigenvalue weighted by Crippen LogP contribution is -2.39. The number of rotatable bonds is 4. The molecule has 0 aliphatic carbocycles. The van der Waals surface area contributed by atoms with Gasteiger partial charge in [0.15, 0.2) is 0 Å². The van der Waals surface area contributed by atoms with Crippen molar-refractivity contribution in [2.45, 2.75) is 38.3 Å². The van der Waals surface area contributed by atoms with Crippen LogP contribution in [0.5, 0.6) is 0 Å². The summed E-state index contributed by atoms with van der Waals surface area (Å²) in [6.07, 6.45) is 5.05. The summed E-state index contributed by atoms with van der Waals surface area (Å²) in [4.78, 5) is 7.32. The van der Waals surface area contributed by atoms with Crippen LogP contribution < -0.4 is 0 Å². The molecule has 1 aliphatic heterocycles. The standard InChI is InChI=1S/C15H19ClN2S/c16-9-8-12-5-3-4-10-18(12)11-15-17-13-6-1-2-7-14(13)19-15/h1-2,6-7,12H,3-5,8-11H2. The zero-order valence-corrected chi connectivity index (χ0v) is 12.6. The molecular weight excluding hydrogens is 276 g/mol. The van der Waals surface area contributed by atoms with E-state index in [2.05, 4.69) is 29.2 Å². The Bertz CT molecular complexity index is 505. The molecule has 0 amide bonds. The topological polar surface area (TPSA) is 16.1 Å². The van der Waals surface area contributed by atoms with Gasteiger partial charge in [-0.3, -0.25) is 4.90 Å². The van der Waals surface area contributed by atoms with Crippen LogP contribution in [0.25, 0.3) is 10.2 Å². The molecule has 2 heterocycles. The van der Waals surface area contributed by atoms with Gasteiger partial charge in [0, 0.05) is 11.9 Å². The highest BCUT2D eigenvalue weighted by atomic mass is 35.5. The zero-order chi connectivity index (χ0) is 13.1. The molecule has 1 unspecified atom stereocenters. The van der Waals surface area contributed by atoms with Crippen LogP contribution in [-0.4, -0.2) is 28.4 Å². The van der Waals surface area contributed by atoms with E-state index in [0.29, 0.717) is 6.04 Å². The summed E-state index contributed by atoms with van der Waals surface area (Å²) >= 11 is 7.75. The van der Waals surface area contributed by atoms with Gasteiger partial charge in [-0.25, -0.2) is 4.98 Å². The van der Waals surface area contributed by atoms with E-state index >= 15 is 0 Å². The van der Waals surface area contributed by atoms with E-state index < -0.39 is 0 Å².